The van der Waals surface area contributed by atoms with Crippen LogP contribution in [0.3, 0.4) is 0 Å². The van der Waals surface area contributed by atoms with Crippen LogP contribution in [0.15, 0.2) is 18.2 Å². The molecular formula is C14H21ClFN3O3S. The number of amides is 1. The smallest absolute Gasteiger partial charge is 0.232 e. The van der Waals surface area contributed by atoms with Crippen LogP contribution in [0, 0.1) is 5.82 Å². The molecule has 0 aliphatic rings. The van der Waals surface area contributed by atoms with Gasteiger partial charge >= 0.3 is 0 Å². The van der Waals surface area contributed by atoms with E-state index in [-0.39, 0.29) is 29.6 Å². The molecule has 9 heteroatoms. The Morgan fingerprint density at radius 2 is 1.96 bits per heavy atom. The number of likely N-dealkylation sites (N-methyl/N-ethyl adjacent to an activating group) is 1. The average Bonchev–Trinajstić information content (AvgIpc) is 2.41. The van der Waals surface area contributed by atoms with E-state index in [4.69, 9.17) is 11.6 Å². The lowest BCUT2D eigenvalue weighted by Gasteiger charge is -2.22. The van der Waals surface area contributed by atoms with Gasteiger partial charge in [-0.25, -0.2) is 12.8 Å². The third-order valence-electron chi connectivity index (χ3n) is 3.01. The van der Waals surface area contributed by atoms with Crippen molar-refractivity contribution in [2.45, 2.75) is 6.42 Å². The van der Waals surface area contributed by atoms with Gasteiger partial charge in [0.25, 0.3) is 0 Å². The third kappa shape index (κ3) is 6.72. The van der Waals surface area contributed by atoms with Gasteiger partial charge in [-0.2, -0.15) is 0 Å². The molecule has 0 spiro atoms. The summed E-state index contributed by atoms with van der Waals surface area (Å²) in [5.41, 5.74) is 0.222. The van der Waals surface area contributed by atoms with Crippen molar-refractivity contribution in [2.75, 3.05) is 44.3 Å². The van der Waals surface area contributed by atoms with Gasteiger partial charge in [-0.05, 0) is 32.3 Å². The van der Waals surface area contributed by atoms with E-state index in [0.29, 0.717) is 13.1 Å². The van der Waals surface area contributed by atoms with E-state index in [1.165, 1.54) is 12.1 Å². The molecule has 1 aromatic carbocycles. The number of hydrogen-bond donors (Lipinski definition) is 1. The quantitative estimate of drug-likeness (QED) is 0.754. The maximum absolute atomic E-state index is 13.2. The Hall–Kier alpha value is -1.38. The predicted molar refractivity (Wildman–Crippen MR) is 89.8 cm³/mol. The summed E-state index contributed by atoms with van der Waals surface area (Å²) in [6.07, 6.45) is 1.02. The van der Waals surface area contributed by atoms with Crippen molar-refractivity contribution in [1.29, 1.82) is 0 Å². The minimum atomic E-state index is -3.61. The first-order chi connectivity index (χ1) is 10.6. The molecule has 0 heterocycles. The van der Waals surface area contributed by atoms with E-state index in [2.05, 4.69) is 5.32 Å². The van der Waals surface area contributed by atoms with Gasteiger partial charge in [0.05, 0.1) is 17.0 Å². The van der Waals surface area contributed by atoms with E-state index in [0.717, 1.165) is 16.6 Å². The number of halogens is 2. The molecule has 0 aromatic heterocycles. The molecule has 1 aromatic rings. The molecule has 0 unspecified atom stereocenters. The number of carbonyl (C=O) groups is 1. The van der Waals surface area contributed by atoms with Crippen LogP contribution >= 0.6 is 11.6 Å². The molecule has 1 N–H and O–H groups in total. The SMILES string of the molecule is CN(C)CCNC(=O)CCN(c1ccc(F)c(Cl)c1)S(C)(=O)=O. The van der Waals surface area contributed by atoms with Gasteiger partial charge < -0.3 is 10.2 Å². The minimum Gasteiger partial charge on any atom is -0.355 e. The summed E-state index contributed by atoms with van der Waals surface area (Å²) < 4.78 is 38.0. The Labute approximate surface area is 141 Å². The lowest BCUT2D eigenvalue weighted by molar-refractivity contribution is -0.120. The maximum Gasteiger partial charge on any atom is 0.232 e. The van der Waals surface area contributed by atoms with E-state index >= 15 is 0 Å². The van der Waals surface area contributed by atoms with Crippen LogP contribution in [0.4, 0.5) is 10.1 Å². The van der Waals surface area contributed by atoms with Gasteiger partial charge in [0.1, 0.15) is 5.82 Å². The molecule has 1 rings (SSSR count). The zero-order valence-corrected chi connectivity index (χ0v) is 14.9. The molecule has 0 aliphatic carbocycles. The monoisotopic (exact) mass is 365 g/mol. The highest BCUT2D eigenvalue weighted by molar-refractivity contribution is 7.92. The molecule has 130 valence electrons. The molecule has 0 fully saturated rings. The number of hydrogen-bond acceptors (Lipinski definition) is 4. The Morgan fingerprint density at radius 3 is 2.48 bits per heavy atom. The summed E-state index contributed by atoms with van der Waals surface area (Å²) in [5.74, 6) is -0.890. The van der Waals surface area contributed by atoms with Gasteiger partial charge in [0, 0.05) is 26.1 Å². The number of sulfonamides is 1. The summed E-state index contributed by atoms with van der Waals surface area (Å²) in [6, 6.07) is 3.63. The van der Waals surface area contributed by atoms with Crippen LogP contribution in [0.25, 0.3) is 0 Å². The average molecular weight is 366 g/mol. The lowest BCUT2D eigenvalue weighted by atomic mass is 10.3. The number of rotatable bonds is 8. The normalized spacial score (nSPS) is 11.6. The molecule has 0 saturated carbocycles. The van der Waals surface area contributed by atoms with Crippen molar-refractivity contribution >= 4 is 33.2 Å². The zero-order chi connectivity index (χ0) is 17.6. The highest BCUT2D eigenvalue weighted by Crippen LogP contribution is 2.24. The molecule has 6 nitrogen and oxygen atoms in total. The molecule has 0 saturated heterocycles. The third-order valence-corrected chi connectivity index (χ3v) is 4.50. The second-order valence-corrected chi connectivity index (χ2v) is 7.65. The largest absolute Gasteiger partial charge is 0.355 e. The predicted octanol–water partition coefficient (Wildman–Crippen LogP) is 1.31. The van der Waals surface area contributed by atoms with Crippen molar-refractivity contribution in [3.05, 3.63) is 29.0 Å². The first-order valence-corrected chi connectivity index (χ1v) is 9.18. The summed E-state index contributed by atoms with van der Waals surface area (Å²) in [4.78, 5) is 13.7. The molecule has 0 radical (unpaired) electrons. The first-order valence-electron chi connectivity index (χ1n) is 6.95. The molecular weight excluding hydrogens is 345 g/mol. The second-order valence-electron chi connectivity index (χ2n) is 5.34. The maximum atomic E-state index is 13.2. The zero-order valence-electron chi connectivity index (χ0n) is 13.3. The Morgan fingerprint density at radius 1 is 1.30 bits per heavy atom. The fourth-order valence-corrected chi connectivity index (χ4v) is 2.93. The van der Waals surface area contributed by atoms with E-state index in [1.54, 1.807) is 0 Å². The summed E-state index contributed by atoms with van der Waals surface area (Å²) in [5, 5.41) is 2.53. The van der Waals surface area contributed by atoms with Gasteiger partial charge in [0.2, 0.25) is 15.9 Å². The van der Waals surface area contributed by atoms with E-state index < -0.39 is 15.8 Å². The van der Waals surface area contributed by atoms with Gasteiger partial charge in [-0.1, -0.05) is 11.6 Å². The Bertz CT molecular complexity index is 653. The molecule has 23 heavy (non-hydrogen) atoms. The van der Waals surface area contributed by atoms with E-state index in [1.807, 2.05) is 19.0 Å². The van der Waals surface area contributed by atoms with Crippen LogP contribution in [0.5, 0.6) is 0 Å². The van der Waals surface area contributed by atoms with Gasteiger partial charge in [0.15, 0.2) is 0 Å². The Balaban J connectivity index is 2.73. The Kier molecular flexibility index (Phi) is 7.24. The van der Waals surface area contributed by atoms with Crippen molar-refractivity contribution in [3.8, 4) is 0 Å². The van der Waals surface area contributed by atoms with Crippen molar-refractivity contribution < 1.29 is 17.6 Å². The van der Waals surface area contributed by atoms with Crippen LogP contribution in [0.1, 0.15) is 6.42 Å². The number of nitrogens with zero attached hydrogens (tertiary/aromatic N) is 2. The highest BCUT2D eigenvalue weighted by atomic mass is 35.5. The standard InChI is InChI=1S/C14H21ClFN3O3S/c1-18(2)9-7-17-14(20)6-8-19(23(3,21)22)11-4-5-13(16)12(15)10-11/h4-5,10H,6-9H2,1-3H3,(H,17,20). The van der Waals surface area contributed by atoms with Gasteiger partial charge in [-0.15, -0.1) is 0 Å². The molecule has 1 amide bonds. The van der Waals surface area contributed by atoms with E-state index in [9.17, 15) is 17.6 Å². The summed E-state index contributed by atoms with van der Waals surface area (Å²) in [6.45, 7) is 1.12. The van der Waals surface area contributed by atoms with Crippen molar-refractivity contribution in [1.82, 2.24) is 10.2 Å². The van der Waals surface area contributed by atoms with Crippen LogP contribution < -0.4 is 9.62 Å². The summed E-state index contributed by atoms with van der Waals surface area (Å²) >= 11 is 5.69. The van der Waals surface area contributed by atoms with Crippen molar-refractivity contribution in [2.24, 2.45) is 0 Å². The number of anilines is 1. The second kappa shape index (κ2) is 8.47. The number of nitrogens with one attached hydrogen (secondary N) is 1. The molecule has 0 atom stereocenters. The fourth-order valence-electron chi connectivity index (χ4n) is 1.84. The van der Waals surface area contributed by atoms with Crippen LogP contribution in [-0.2, 0) is 14.8 Å². The lowest BCUT2D eigenvalue weighted by Crippen LogP contribution is -2.36. The topological polar surface area (TPSA) is 69.7 Å². The number of carbonyl (C=O) groups excluding carboxylic acids is 1. The molecule has 0 aliphatic heterocycles. The van der Waals surface area contributed by atoms with Crippen molar-refractivity contribution in [3.63, 3.8) is 0 Å². The minimum absolute atomic E-state index is 0.00447. The van der Waals surface area contributed by atoms with Gasteiger partial charge in [-0.3, -0.25) is 9.10 Å². The fraction of sp³-hybridized carbons (Fsp3) is 0.500. The first kappa shape index (κ1) is 19.7. The van der Waals surface area contributed by atoms with Crippen LogP contribution in [-0.4, -0.2) is 59.2 Å². The molecule has 0 bridgehead atoms. The number of benzene rings is 1. The summed E-state index contributed by atoms with van der Waals surface area (Å²) in [7, 11) is 0.156. The highest BCUT2D eigenvalue weighted by Gasteiger charge is 2.19. The van der Waals surface area contributed by atoms with Crippen LogP contribution in [0.2, 0.25) is 5.02 Å².